The number of hydrogen-bond donors (Lipinski definition) is 1. The molecular weight excluding hydrogens is 338 g/mol. The van der Waals surface area contributed by atoms with Crippen LogP contribution in [0.15, 0.2) is 24.3 Å². The minimum Gasteiger partial charge on any atom is -0.319 e. The Labute approximate surface area is 150 Å². The number of benzene rings is 1. The number of hydrogen-bond acceptors (Lipinski definition) is 5. The predicted molar refractivity (Wildman–Crippen MR) is 93.3 cm³/mol. The zero-order valence-electron chi connectivity index (χ0n) is 14.5. The third-order valence-electron chi connectivity index (χ3n) is 4.98. The quantitative estimate of drug-likeness (QED) is 0.384. The topological polar surface area (TPSA) is 110 Å². The fourth-order valence-electron chi connectivity index (χ4n) is 3.41. The number of amides is 3. The molecule has 0 spiro atoms. The normalized spacial score (nSPS) is 21.7. The largest absolute Gasteiger partial charge is 0.319 e. The van der Waals surface area contributed by atoms with Crippen molar-refractivity contribution >= 4 is 29.1 Å². The summed E-state index contributed by atoms with van der Waals surface area (Å²) in [6.45, 7) is 3.08. The Balaban J connectivity index is 1.76. The molecule has 136 valence electrons. The van der Waals surface area contributed by atoms with Crippen LogP contribution in [-0.2, 0) is 14.4 Å². The molecule has 3 rings (SSSR count). The van der Waals surface area contributed by atoms with Gasteiger partial charge in [0.1, 0.15) is 12.2 Å². The van der Waals surface area contributed by atoms with Crippen LogP contribution < -0.4 is 5.32 Å². The molecule has 1 aromatic carbocycles. The Bertz CT molecular complexity index is 819. The first-order valence-corrected chi connectivity index (χ1v) is 8.35. The van der Waals surface area contributed by atoms with Crippen LogP contribution in [0, 0.1) is 35.8 Å². The molecule has 0 unspecified atom stereocenters. The van der Waals surface area contributed by atoms with Crippen molar-refractivity contribution in [2.24, 2.45) is 11.8 Å². The standard InChI is InChI=1S/C18H19N3O5/c1-10-7-14(15(21(25)26)8-11(10)2)19-16(22)9-20-17(23)12-5-3-4-6-13(12)18(20)24/h3-4,7-8,12-13H,5-6,9H2,1-2H3,(H,19,22)/t12-,13-/m1/s1. The molecule has 8 heteroatoms. The number of nitrogens with zero attached hydrogens (tertiary/aromatic N) is 2. The van der Waals surface area contributed by atoms with E-state index in [2.05, 4.69) is 5.32 Å². The Morgan fingerprint density at radius 3 is 2.23 bits per heavy atom. The smallest absolute Gasteiger partial charge is 0.293 e. The van der Waals surface area contributed by atoms with Crippen molar-refractivity contribution in [2.45, 2.75) is 26.7 Å². The Hall–Kier alpha value is -3.03. The van der Waals surface area contributed by atoms with Gasteiger partial charge in [-0.15, -0.1) is 0 Å². The number of likely N-dealkylation sites (tertiary alicyclic amines) is 1. The van der Waals surface area contributed by atoms with Crippen molar-refractivity contribution < 1.29 is 19.3 Å². The van der Waals surface area contributed by atoms with Crippen molar-refractivity contribution in [3.05, 3.63) is 45.5 Å². The van der Waals surface area contributed by atoms with Gasteiger partial charge in [0.25, 0.3) is 5.69 Å². The molecule has 1 fully saturated rings. The van der Waals surface area contributed by atoms with Gasteiger partial charge < -0.3 is 5.32 Å². The van der Waals surface area contributed by atoms with Crippen molar-refractivity contribution in [2.75, 3.05) is 11.9 Å². The van der Waals surface area contributed by atoms with E-state index in [1.807, 2.05) is 12.2 Å². The van der Waals surface area contributed by atoms with Crippen LogP contribution in [-0.4, -0.2) is 34.1 Å². The average molecular weight is 357 g/mol. The molecular formula is C18H19N3O5. The number of nitrogens with one attached hydrogen (secondary N) is 1. The molecule has 1 N–H and O–H groups in total. The summed E-state index contributed by atoms with van der Waals surface area (Å²) in [5.74, 6) is -2.15. The molecule has 0 aromatic heterocycles. The summed E-state index contributed by atoms with van der Waals surface area (Å²) in [4.78, 5) is 48.7. The lowest BCUT2D eigenvalue weighted by Crippen LogP contribution is -2.38. The van der Waals surface area contributed by atoms with Crippen LogP contribution in [0.1, 0.15) is 24.0 Å². The van der Waals surface area contributed by atoms with E-state index >= 15 is 0 Å². The number of aryl methyl sites for hydroxylation is 2. The number of carbonyl (C=O) groups is 3. The lowest BCUT2D eigenvalue weighted by molar-refractivity contribution is -0.384. The number of imide groups is 1. The summed E-state index contributed by atoms with van der Waals surface area (Å²) >= 11 is 0. The summed E-state index contributed by atoms with van der Waals surface area (Å²) in [5, 5.41) is 13.7. The number of carbonyl (C=O) groups excluding carboxylic acids is 3. The van der Waals surface area contributed by atoms with E-state index < -0.39 is 29.2 Å². The van der Waals surface area contributed by atoms with E-state index in [0.29, 0.717) is 12.8 Å². The van der Waals surface area contributed by atoms with Crippen LogP contribution in [0.2, 0.25) is 0 Å². The highest BCUT2D eigenvalue weighted by Gasteiger charge is 2.47. The van der Waals surface area contributed by atoms with Crippen LogP contribution in [0.3, 0.4) is 0 Å². The van der Waals surface area contributed by atoms with Crippen LogP contribution >= 0.6 is 0 Å². The SMILES string of the molecule is Cc1cc(NC(=O)CN2C(=O)[C@@H]3CC=CC[C@H]3C2=O)c([N+](=O)[O-])cc1C. The maximum atomic E-state index is 12.4. The van der Waals surface area contributed by atoms with Gasteiger partial charge in [-0.3, -0.25) is 29.4 Å². The van der Waals surface area contributed by atoms with Crippen molar-refractivity contribution in [1.29, 1.82) is 0 Å². The van der Waals surface area contributed by atoms with Crippen molar-refractivity contribution in [1.82, 2.24) is 4.90 Å². The monoisotopic (exact) mass is 357 g/mol. The minimum absolute atomic E-state index is 0.0567. The zero-order valence-corrected chi connectivity index (χ0v) is 14.5. The van der Waals surface area contributed by atoms with Crippen molar-refractivity contribution in [3.63, 3.8) is 0 Å². The van der Waals surface area contributed by atoms with E-state index in [1.54, 1.807) is 13.8 Å². The summed E-state index contributed by atoms with van der Waals surface area (Å²) in [7, 11) is 0. The molecule has 1 heterocycles. The molecule has 8 nitrogen and oxygen atoms in total. The second-order valence-corrected chi connectivity index (χ2v) is 6.68. The summed E-state index contributed by atoms with van der Waals surface area (Å²) < 4.78 is 0. The highest BCUT2D eigenvalue weighted by molar-refractivity contribution is 6.09. The third-order valence-corrected chi connectivity index (χ3v) is 4.98. The van der Waals surface area contributed by atoms with Gasteiger partial charge in [0.15, 0.2) is 0 Å². The molecule has 3 amide bonds. The molecule has 0 radical (unpaired) electrons. The maximum Gasteiger partial charge on any atom is 0.293 e. The van der Waals surface area contributed by atoms with Crippen LogP contribution in [0.4, 0.5) is 11.4 Å². The molecule has 2 atom stereocenters. The summed E-state index contributed by atoms with van der Waals surface area (Å²) in [6.07, 6.45) is 4.73. The molecule has 26 heavy (non-hydrogen) atoms. The predicted octanol–water partition coefficient (Wildman–Crippen LogP) is 2.10. The van der Waals surface area contributed by atoms with Gasteiger partial charge in [-0.1, -0.05) is 12.2 Å². The molecule has 1 aliphatic heterocycles. The maximum absolute atomic E-state index is 12.4. The first-order valence-electron chi connectivity index (χ1n) is 8.35. The molecule has 0 saturated carbocycles. The first-order chi connectivity index (χ1) is 12.3. The van der Waals surface area contributed by atoms with E-state index in [4.69, 9.17) is 0 Å². The average Bonchev–Trinajstić information content (AvgIpc) is 2.83. The van der Waals surface area contributed by atoms with Crippen LogP contribution in [0.5, 0.6) is 0 Å². The Kier molecular flexibility index (Phi) is 4.58. The fourth-order valence-corrected chi connectivity index (χ4v) is 3.41. The lowest BCUT2D eigenvalue weighted by Gasteiger charge is -2.15. The fraction of sp³-hybridized carbons (Fsp3) is 0.389. The highest BCUT2D eigenvalue weighted by Crippen LogP contribution is 2.35. The van der Waals surface area contributed by atoms with Crippen LogP contribution in [0.25, 0.3) is 0 Å². The second-order valence-electron chi connectivity index (χ2n) is 6.68. The van der Waals surface area contributed by atoms with E-state index in [9.17, 15) is 24.5 Å². The molecule has 1 saturated heterocycles. The van der Waals surface area contributed by atoms with E-state index in [0.717, 1.165) is 16.0 Å². The third kappa shape index (κ3) is 3.10. The van der Waals surface area contributed by atoms with Gasteiger partial charge in [0, 0.05) is 6.07 Å². The van der Waals surface area contributed by atoms with Gasteiger partial charge in [0.2, 0.25) is 17.7 Å². The van der Waals surface area contributed by atoms with Crippen molar-refractivity contribution in [3.8, 4) is 0 Å². The van der Waals surface area contributed by atoms with E-state index in [1.165, 1.54) is 12.1 Å². The molecule has 0 bridgehead atoms. The van der Waals surface area contributed by atoms with Gasteiger partial charge in [-0.25, -0.2) is 0 Å². The van der Waals surface area contributed by atoms with Gasteiger partial charge in [0.05, 0.1) is 16.8 Å². The molecule has 1 aliphatic carbocycles. The van der Waals surface area contributed by atoms with E-state index in [-0.39, 0.29) is 23.2 Å². The molecule has 2 aliphatic rings. The first kappa shape index (κ1) is 17.8. The lowest BCUT2D eigenvalue weighted by atomic mass is 9.85. The number of nitro benzene ring substituents is 1. The second kappa shape index (κ2) is 6.70. The minimum atomic E-state index is -0.635. The number of nitro groups is 1. The number of fused-ring (bicyclic) bond motifs is 1. The summed E-state index contributed by atoms with van der Waals surface area (Å²) in [5.41, 5.74) is 1.35. The number of rotatable bonds is 4. The summed E-state index contributed by atoms with van der Waals surface area (Å²) in [6, 6.07) is 2.90. The Morgan fingerprint density at radius 2 is 1.69 bits per heavy atom. The zero-order chi connectivity index (χ0) is 19.0. The van der Waals surface area contributed by atoms with Gasteiger partial charge >= 0.3 is 0 Å². The molecule has 1 aromatic rings. The number of anilines is 1. The highest BCUT2D eigenvalue weighted by atomic mass is 16.6. The Morgan fingerprint density at radius 1 is 1.15 bits per heavy atom. The van der Waals surface area contributed by atoms with Gasteiger partial charge in [-0.2, -0.15) is 0 Å². The van der Waals surface area contributed by atoms with Gasteiger partial charge in [-0.05, 0) is 43.9 Å². The number of allylic oxidation sites excluding steroid dienone is 2.